The Morgan fingerprint density at radius 2 is 1.83 bits per heavy atom. The van der Waals surface area contributed by atoms with Gasteiger partial charge in [-0.2, -0.15) is 18.3 Å². The maximum atomic E-state index is 14.7. The van der Waals surface area contributed by atoms with E-state index in [9.17, 15) is 27.2 Å². The Bertz CT molecular complexity index is 1410. The zero-order valence-electron chi connectivity index (χ0n) is 19.0. The SMILES string of the molecule is C[C@@H](Nc1nn(C)c(=O)c2cc(=O)n(N3CC4CCC(C3)O4)cc12)c1cccc(C(F)(F)F)c1F. The van der Waals surface area contributed by atoms with Crippen LogP contribution in [0.25, 0.3) is 10.8 Å². The van der Waals surface area contributed by atoms with Gasteiger partial charge in [-0.3, -0.25) is 9.59 Å². The molecule has 2 unspecified atom stereocenters. The van der Waals surface area contributed by atoms with Crippen LogP contribution in [-0.4, -0.2) is 39.8 Å². The van der Waals surface area contributed by atoms with Gasteiger partial charge in [0.05, 0.1) is 47.7 Å². The molecular formula is C23H23F4N5O3. The summed E-state index contributed by atoms with van der Waals surface area (Å²) in [5, 5.41) is 9.39. The number of hydrogen-bond acceptors (Lipinski definition) is 6. The van der Waals surface area contributed by atoms with E-state index < -0.39 is 34.7 Å². The van der Waals surface area contributed by atoms with Gasteiger partial charge in [-0.15, -0.1) is 0 Å². The molecule has 8 nitrogen and oxygen atoms in total. The summed E-state index contributed by atoms with van der Waals surface area (Å²) in [6.45, 7) is 2.51. The monoisotopic (exact) mass is 493 g/mol. The molecule has 1 aromatic carbocycles. The summed E-state index contributed by atoms with van der Waals surface area (Å²) in [5.74, 6) is -1.24. The molecule has 2 saturated heterocycles. The minimum absolute atomic E-state index is 0.0135. The van der Waals surface area contributed by atoms with Gasteiger partial charge < -0.3 is 15.1 Å². The van der Waals surface area contributed by atoms with Crippen LogP contribution >= 0.6 is 0 Å². The van der Waals surface area contributed by atoms with Crippen LogP contribution in [0.5, 0.6) is 0 Å². The second kappa shape index (κ2) is 8.36. The van der Waals surface area contributed by atoms with E-state index in [1.165, 1.54) is 37.0 Å². The first-order valence-corrected chi connectivity index (χ1v) is 11.2. The Morgan fingerprint density at radius 1 is 1.14 bits per heavy atom. The number of halogens is 4. The summed E-state index contributed by atoms with van der Waals surface area (Å²) >= 11 is 0. The van der Waals surface area contributed by atoms with Crippen LogP contribution in [0.4, 0.5) is 23.4 Å². The number of fused-ring (bicyclic) bond motifs is 3. The molecule has 186 valence electrons. The molecule has 0 aliphatic carbocycles. The van der Waals surface area contributed by atoms with Crippen LogP contribution in [-0.2, 0) is 18.0 Å². The summed E-state index contributed by atoms with van der Waals surface area (Å²) in [7, 11) is 1.40. The highest BCUT2D eigenvalue weighted by Crippen LogP contribution is 2.35. The molecule has 0 radical (unpaired) electrons. The largest absolute Gasteiger partial charge is 0.419 e. The van der Waals surface area contributed by atoms with E-state index in [1.54, 1.807) is 0 Å². The molecule has 0 saturated carbocycles. The highest BCUT2D eigenvalue weighted by atomic mass is 19.4. The van der Waals surface area contributed by atoms with Gasteiger partial charge in [0.2, 0.25) is 0 Å². The third-order valence-corrected chi connectivity index (χ3v) is 6.55. The van der Waals surface area contributed by atoms with Crippen molar-refractivity contribution in [2.75, 3.05) is 23.4 Å². The highest BCUT2D eigenvalue weighted by molar-refractivity contribution is 5.90. The van der Waals surface area contributed by atoms with Crippen molar-refractivity contribution in [3.8, 4) is 0 Å². The molecule has 1 N–H and O–H groups in total. The molecule has 3 aromatic rings. The number of benzene rings is 1. The lowest BCUT2D eigenvalue weighted by atomic mass is 10.0. The lowest BCUT2D eigenvalue weighted by Gasteiger charge is -2.34. The minimum Gasteiger partial charge on any atom is -0.371 e. The number of alkyl halides is 3. The van der Waals surface area contributed by atoms with Crippen molar-refractivity contribution < 1.29 is 22.3 Å². The number of aryl methyl sites for hydroxylation is 1. The third-order valence-electron chi connectivity index (χ3n) is 6.55. The van der Waals surface area contributed by atoms with E-state index in [0.29, 0.717) is 24.5 Å². The third kappa shape index (κ3) is 4.15. The number of aromatic nitrogens is 3. The molecule has 12 heteroatoms. The summed E-state index contributed by atoms with van der Waals surface area (Å²) < 4.78 is 62.5. The Hall–Kier alpha value is -3.41. The minimum atomic E-state index is -4.84. The number of pyridine rings is 1. The van der Waals surface area contributed by atoms with Crippen molar-refractivity contribution >= 4 is 16.6 Å². The van der Waals surface area contributed by atoms with Gasteiger partial charge in [-0.1, -0.05) is 12.1 Å². The van der Waals surface area contributed by atoms with Crippen molar-refractivity contribution in [2.24, 2.45) is 7.05 Å². The number of nitrogens with zero attached hydrogens (tertiary/aromatic N) is 4. The first-order chi connectivity index (χ1) is 16.5. The van der Waals surface area contributed by atoms with E-state index >= 15 is 0 Å². The molecule has 2 aromatic heterocycles. The topological polar surface area (TPSA) is 81.4 Å². The Balaban J connectivity index is 1.57. The van der Waals surface area contributed by atoms with Crippen molar-refractivity contribution in [1.82, 2.24) is 14.5 Å². The smallest absolute Gasteiger partial charge is 0.371 e. The zero-order valence-corrected chi connectivity index (χ0v) is 19.0. The molecule has 2 aliphatic heterocycles. The van der Waals surface area contributed by atoms with E-state index in [-0.39, 0.29) is 29.0 Å². The van der Waals surface area contributed by atoms with E-state index in [0.717, 1.165) is 23.6 Å². The highest BCUT2D eigenvalue weighted by Gasteiger charge is 2.36. The predicted molar refractivity (Wildman–Crippen MR) is 121 cm³/mol. The van der Waals surface area contributed by atoms with Gasteiger partial charge in [0.1, 0.15) is 5.82 Å². The second-order valence-corrected chi connectivity index (χ2v) is 8.96. The number of anilines is 1. The number of ether oxygens (including phenoxy) is 1. The Morgan fingerprint density at radius 3 is 2.49 bits per heavy atom. The molecule has 4 heterocycles. The van der Waals surface area contributed by atoms with Crippen molar-refractivity contribution in [1.29, 1.82) is 0 Å². The lowest BCUT2D eigenvalue weighted by molar-refractivity contribution is -0.140. The van der Waals surface area contributed by atoms with Gasteiger partial charge in [-0.05, 0) is 25.8 Å². The van der Waals surface area contributed by atoms with Crippen molar-refractivity contribution in [3.63, 3.8) is 0 Å². The van der Waals surface area contributed by atoms with E-state index in [4.69, 9.17) is 4.74 Å². The molecule has 3 atom stereocenters. The molecule has 2 fully saturated rings. The first kappa shape index (κ1) is 23.3. The summed E-state index contributed by atoms with van der Waals surface area (Å²) in [5.41, 5.74) is -2.47. The fourth-order valence-corrected chi connectivity index (χ4v) is 4.79. The molecule has 0 amide bonds. The van der Waals surface area contributed by atoms with Crippen LogP contribution in [0.3, 0.4) is 0 Å². The molecule has 5 rings (SSSR count). The van der Waals surface area contributed by atoms with Gasteiger partial charge >= 0.3 is 6.18 Å². The summed E-state index contributed by atoms with van der Waals surface area (Å²) in [6, 6.07) is 3.36. The number of hydrogen-bond donors (Lipinski definition) is 1. The van der Waals surface area contributed by atoms with Crippen LogP contribution in [0, 0.1) is 5.82 Å². The van der Waals surface area contributed by atoms with E-state index in [1.807, 2.05) is 5.01 Å². The average Bonchev–Trinajstić information content (AvgIpc) is 3.13. The summed E-state index contributed by atoms with van der Waals surface area (Å²) in [4.78, 5) is 25.6. The second-order valence-electron chi connectivity index (χ2n) is 8.96. The van der Waals surface area contributed by atoms with Gasteiger partial charge in [0.25, 0.3) is 11.1 Å². The maximum absolute atomic E-state index is 14.7. The lowest BCUT2D eigenvalue weighted by Crippen LogP contribution is -2.52. The fourth-order valence-electron chi connectivity index (χ4n) is 4.79. The standard InChI is InChI=1S/C23H23F4N5O3/c1-12(15-4-3-5-18(20(15)24)23(25,26)27)28-21-17-11-32(31-9-13-6-7-14(10-31)35-13)19(33)8-16(17)22(34)30(2)29-21/h3-5,8,11-14H,6-7,9-10H2,1-2H3,(H,28,29)/t12-,13?,14?/m1/s1. The Labute approximate surface area is 196 Å². The van der Waals surface area contributed by atoms with Crippen LogP contribution in [0.2, 0.25) is 0 Å². The molecule has 2 aliphatic rings. The normalized spacial score (nSPS) is 20.9. The quantitative estimate of drug-likeness (QED) is 0.563. The van der Waals surface area contributed by atoms with E-state index in [2.05, 4.69) is 10.4 Å². The molecular weight excluding hydrogens is 470 g/mol. The zero-order chi connectivity index (χ0) is 25.1. The fraction of sp³-hybridized carbons (Fsp3) is 0.435. The van der Waals surface area contributed by atoms with Gasteiger partial charge in [-0.25, -0.2) is 13.7 Å². The number of nitrogens with one attached hydrogen (secondary N) is 1. The van der Waals surface area contributed by atoms with Gasteiger partial charge in [0, 0.05) is 24.9 Å². The van der Waals surface area contributed by atoms with Crippen LogP contribution in [0.15, 0.2) is 40.1 Å². The first-order valence-electron chi connectivity index (χ1n) is 11.2. The maximum Gasteiger partial charge on any atom is 0.419 e. The van der Waals surface area contributed by atoms with Crippen molar-refractivity contribution in [3.05, 3.63) is 68.1 Å². The number of morpholine rings is 1. The number of rotatable bonds is 4. The van der Waals surface area contributed by atoms with Gasteiger partial charge in [0.15, 0.2) is 5.82 Å². The molecule has 35 heavy (non-hydrogen) atoms. The van der Waals surface area contributed by atoms with Crippen LogP contribution < -0.4 is 21.4 Å². The average molecular weight is 493 g/mol. The predicted octanol–water partition coefficient (Wildman–Crippen LogP) is 2.93. The Kier molecular flexibility index (Phi) is 5.58. The summed E-state index contributed by atoms with van der Waals surface area (Å²) in [6.07, 6.45) is -1.51. The van der Waals surface area contributed by atoms with Crippen molar-refractivity contribution in [2.45, 2.75) is 44.2 Å². The van der Waals surface area contributed by atoms with Crippen LogP contribution in [0.1, 0.15) is 36.9 Å². The molecule has 2 bridgehead atoms. The molecule has 0 spiro atoms.